The summed E-state index contributed by atoms with van der Waals surface area (Å²) < 4.78 is 81.3. The fraction of sp³-hybridized carbons (Fsp3) is 0.538. The van der Waals surface area contributed by atoms with Crippen LogP contribution in [-0.4, -0.2) is 0 Å². The van der Waals surface area contributed by atoms with Crippen molar-refractivity contribution in [3.63, 3.8) is 0 Å². The summed E-state index contributed by atoms with van der Waals surface area (Å²) in [5.74, 6) is -1.98. The van der Waals surface area contributed by atoms with E-state index in [2.05, 4.69) is 6.92 Å². The van der Waals surface area contributed by atoms with Crippen molar-refractivity contribution < 1.29 is 26.3 Å². The van der Waals surface area contributed by atoms with Crippen LogP contribution in [0.3, 0.4) is 0 Å². The number of hydrogen-bond donors (Lipinski definition) is 0. The zero-order valence-electron chi connectivity index (χ0n) is 18.4. The van der Waals surface area contributed by atoms with E-state index in [1.807, 2.05) is 0 Å². The summed E-state index contributed by atoms with van der Waals surface area (Å²) in [6.07, 6.45) is 6.36. The van der Waals surface area contributed by atoms with Gasteiger partial charge in [-0.25, -0.2) is 13.2 Å². The van der Waals surface area contributed by atoms with Gasteiger partial charge in [-0.3, -0.25) is 0 Å². The van der Waals surface area contributed by atoms with Crippen LogP contribution in [0.2, 0.25) is 0 Å². The number of alkyl halides is 3. The molecule has 0 aliphatic heterocycles. The monoisotopic (exact) mass is 456 g/mol. The molecular formula is C26H30F6. The smallest absolute Gasteiger partial charge is 0.206 e. The first-order chi connectivity index (χ1) is 15.2. The number of rotatable bonds is 8. The van der Waals surface area contributed by atoms with Gasteiger partial charge in [0, 0.05) is 0 Å². The summed E-state index contributed by atoms with van der Waals surface area (Å²) in [6.45, 7) is 2.21. The van der Waals surface area contributed by atoms with E-state index in [0.29, 0.717) is 30.0 Å². The Hall–Kier alpha value is -1.98. The molecule has 0 unspecified atom stereocenters. The highest BCUT2D eigenvalue weighted by Crippen LogP contribution is 2.36. The summed E-state index contributed by atoms with van der Waals surface area (Å²) in [5, 5.41) is 0. The summed E-state index contributed by atoms with van der Waals surface area (Å²) >= 11 is 0. The number of unbranched alkanes of at least 4 members (excludes halogenated alkanes) is 2. The van der Waals surface area contributed by atoms with E-state index < -0.39 is 34.8 Å². The van der Waals surface area contributed by atoms with Crippen molar-refractivity contribution in [1.82, 2.24) is 0 Å². The zero-order chi connectivity index (χ0) is 23.3. The minimum Gasteiger partial charge on any atom is -0.206 e. The maximum absolute atomic E-state index is 14.6. The van der Waals surface area contributed by atoms with Crippen molar-refractivity contribution >= 4 is 0 Å². The van der Waals surface area contributed by atoms with Gasteiger partial charge < -0.3 is 0 Å². The Balaban J connectivity index is 1.61. The predicted molar refractivity (Wildman–Crippen MR) is 115 cm³/mol. The second-order valence-electron chi connectivity index (χ2n) is 9.05. The molecule has 1 saturated carbocycles. The Kier molecular flexibility index (Phi) is 8.29. The van der Waals surface area contributed by atoms with Crippen LogP contribution < -0.4 is 0 Å². The Labute approximate surface area is 186 Å². The highest BCUT2D eigenvalue weighted by atomic mass is 19.4. The molecule has 6 heteroatoms. The lowest BCUT2D eigenvalue weighted by molar-refractivity contribution is -0.139. The van der Waals surface area contributed by atoms with Crippen molar-refractivity contribution in [2.75, 3.05) is 0 Å². The quantitative estimate of drug-likeness (QED) is 0.274. The number of hydrogen-bond acceptors (Lipinski definition) is 0. The van der Waals surface area contributed by atoms with Gasteiger partial charge >= 0.3 is 6.18 Å². The summed E-state index contributed by atoms with van der Waals surface area (Å²) in [4.78, 5) is 0. The van der Waals surface area contributed by atoms with Crippen LogP contribution >= 0.6 is 0 Å². The van der Waals surface area contributed by atoms with E-state index in [0.717, 1.165) is 31.2 Å². The summed E-state index contributed by atoms with van der Waals surface area (Å²) in [5.41, 5.74) is -1.70. The Morgan fingerprint density at radius 3 is 1.91 bits per heavy atom. The summed E-state index contributed by atoms with van der Waals surface area (Å²) in [6, 6.07) is 4.36. The molecule has 176 valence electrons. The van der Waals surface area contributed by atoms with Gasteiger partial charge in [-0.15, -0.1) is 0 Å². The van der Waals surface area contributed by atoms with Crippen LogP contribution in [0, 0.1) is 29.3 Å². The molecule has 1 fully saturated rings. The standard InChI is InChI=1S/C26H30F6/c1-2-3-4-5-17-6-8-18(9-7-17)10-11-19-14-23(28)25(24(29)15-19)20-12-13-21(22(27)16-20)26(30,31)32/h12-18H,2-11H2,1H3. The van der Waals surface area contributed by atoms with Crippen molar-refractivity contribution in [3.05, 3.63) is 58.9 Å². The highest BCUT2D eigenvalue weighted by molar-refractivity contribution is 5.66. The Bertz CT molecular complexity index is 871. The average molecular weight is 457 g/mol. The molecular weight excluding hydrogens is 426 g/mol. The molecule has 0 saturated heterocycles. The first kappa shape index (κ1) is 24.7. The van der Waals surface area contributed by atoms with Gasteiger partial charge in [0.2, 0.25) is 0 Å². The van der Waals surface area contributed by atoms with E-state index >= 15 is 0 Å². The average Bonchev–Trinajstić information content (AvgIpc) is 2.72. The molecule has 32 heavy (non-hydrogen) atoms. The lowest BCUT2D eigenvalue weighted by Crippen LogP contribution is -2.15. The number of aryl methyl sites for hydroxylation is 1. The van der Waals surface area contributed by atoms with Gasteiger partial charge in [0.25, 0.3) is 0 Å². The van der Waals surface area contributed by atoms with Gasteiger partial charge in [0.05, 0.1) is 11.1 Å². The van der Waals surface area contributed by atoms with Crippen LogP contribution in [0.15, 0.2) is 30.3 Å². The molecule has 2 aromatic carbocycles. The lowest BCUT2D eigenvalue weighted by atomic mass is 9.77. The van der Waals surface area contributed by atoms with Crippen LogP contribution in [0.5, 0.6) is 0 Å². The first-order valence-electron chi connectivity index (χ1n) is 11.5. The van der Waals surface area contributed by atoms with E-state index in [-0.39, 0.29) is 5.56 Å². The molecule has 0 spiro atoms. The van der Waals surface area contributed by atoms with Gasteiger partial charge in [-0.1, -0.05) is 64.4 Å². The molecule has 0 heterocycles. The largest absolute Gasteiger partial charge is 0.419 e. The molecule has 1 aliphatic rings. The van der Waals surface area contributed by atoms with E-state index in [4.69, 9.17) is 0 Å². The minimum atomic E-state index is -4.86. The second-order valence-corrected chi connectivity index (χ2v) is 9.05. The third kappa shape index (κ3) is 6.29. The van der Waals surface area contributed by atoms with Crippen molar-refractivity contribution in [2.45, 2.75) is 77.3 Å². The Morgan fingerprint density at radius 2 is 1.38 bits per heavy atom. The molecule has 0 amide bonds. The van der Waals surface area contributed by atoms with E-state index in [9.17, 15) is 26.3 Å². The fourth-order valence-electron chi connectivity index (χ4n) is 4.81. The number of benzene rings is 2. The highest BCUT2D eigenvalue weighted by Gasteiger charge is 2.34. The van der Waals surface area contributed by atoms with Gasteiger partial charge in [-0.05, 0) is 60.1 Å². The molecule has 2 aromatic rings. The SMILES string of the molecule is CCCCCC1CCC(CCc2cc(F)c(-c3ccc(C(F)(F)F)c(F)c3)c(F)c2)CC1. The normalized spacial score (nSPS) is 19.3. The summed E-state index contributed by atoms with van der Waals surface area (Å²) in [7, 11) is 0. The van der Waals surface area contributed by atoms with Gasteiger partial charge in [-0.2, -0.15) is 13.2 Å². The van der Waals surface area contributed by atoms with Crippen molar-refractivity contribution in [2.24, 2.45) is 11.8 Å². The first-order valence-corrected chi connectivity index (χ1v) is 11.5. The molecule has 0 nitrogen and oxygen atoms in total. The van der Waals surface area contributed by atoms with Crippen LogP contribution in [-0.2, 0) is 12.6 Å². The minimum absolute atomic E-state index is 0.251. The molecule has 1 aliphatic carbocycles. The topological polar surface area (TPSA) is 0 Å². The maximum atomic E-state index is 14.6. The fourth-order valence-corrected chi connectivity index (χ4v) is 4.81. The maximum Gasteiger partial charge on any atom is 0.419 e. The number of halogens is 6. The van der Waals surface area contributed by atoms with Crippen LogP contribution in [0.1, 0.15) is 75.8 Å². The van der Waals surface area contributed by atoms with Gasteiger partial charge in [0.1, 0.15) is 17.5 Å². The predicted octanol–water partition coefficient (Wildman–Crippen LogP) is 9.11. The molecule has 0 aromatic heterocycles. The Morgan fingerprint density at radius 1 is 0.781 bits per heavy atom. The van der Waals surface area contributed by atoms with Crippen molar-refractivity contribution in [3.8, 4) is 11.1 Å². The molecule has 0 atom stereocenters. The lowest BCUT2D eigenvalue weighted by Gasteiger charge is -2.28. The van der Waals surface area contributed by atoms with E-state index in [1.165, 1.54) is 50.7 Å². The zero-order valence-corrected chi connectivity index (χ0v) is 18.4. The second kappa shape index (κ2) is 10.8. The molecule has 3 rings (SSSR count). The van der Waals surface area contributed by atoms with Crippen LogP contribution in [0.25, 0.3) is 11.1 Å². The third-order valence-corrected chi connectivity index (χ3v) is 6.69. The van der Waals surface area contributed by atoms with Crippen molar-refractivity contribution in [1.29, 1.82) is 0 Å². The molecule has 0 bridgehead atoms. The molecule has 0 N–H and O–H groups in total. The van der Waals surface area contributed by atoms with E-state index in [1.54, 1.807) is 0 Å². The van der Waals surface area contributed by atoms with Crippen LogP contribution in [0.4, 0.5) is 26.3 Å². The molecule has 0 radical (unpaired) electrons. The van der Waals surface area contributed by atoms with Gasteiger partial charge in [0.15, 0.2) is 0 Å². The third-order valence-electron chi connectivity index (χ3n) is 6.69.